The maximum absolute atomic E-state index is 11.6. The van der Waals surface area contributed by atoms with Gasteiger partial charge in [0.2, 0.25) is 0 Å². The molecular formula is C11H6Cl3NO. The predicted molar refractivity (Wildman–Crippen MR) is 67.5 cm³/mol. The minimum atomic E-state index is -0.234. The summed E-state index contributed by atoms with van der Waals surface area (Å²) in [6.45, 7) is 0. The summed E-state index contributed by atoms with van der Waals surface area (Å²) in [6, 6.07) is 6.51. The summed E-state index contributed by atoms with van der Waals surface area (Å²) in [6.07, 6.45) is 1.55. The van der Waals surface area contributed by atoms with Crippen molar-refractivity contribution in [2.45, 2.75) is 0 Å². The molecule has 0 amide bonds. The van der Waals surface area contributed by atoms with Gasteiger partial charge in [0, 0.05) is 22.3 Å². The molecule has 82 valence electrons. The highest BCUT2D eigenvalue weighted by molar-refractivity contribution is 6.45. The summed E-state index contributed by atoms with van der Waals surface area (Å²) in [4.78, 5) is 14.2. The molecule has 0 saturated heterocycles. The van der Waals surface area contributed by atoms with E-state index in [2.05, 4.69) is 4.98 Å². The van der Waals surface area contributed by atoms with Gasteiger partial charge in [-0.15, -0.1) is 0 Å². The monoisotopic (exact) mass is 273 g/mol. The Bertz CT molecular complexity index is 592. The lowest BCUT2D eigenvalue weighted by Crippen LogP contribution is -2.07. The fourth-order valence-electron chi connectivity index (χ4n) is 1.39. The molecule has 2 rings (SSSR count). The number of H-pyrrole nitrogens is 1. The number of benzene rings is 1. The summed E-state index contributed by atoms with van der Waals surface area (Å²) in [5.74, 6) is 0. The molecule has 0 aliphatic rings. The number of aromatic amines is 1. The van der Waals surface area contributed by atoms with Crippen molar-refractivity contribution >= 4 is 34.8 Å². The van der Waals surface area contributed by atoms with E-state index in [1.165, 1.54) is 6.07 Å². The molecule has 0 spiro atoms. The lowest BCUT2D eigenvalue weighted by Gasteiger charge is -2.05. The van der Waals surface area contributed by atoms with Crippen LogP contribution in [0.3, 0.4) is 0 Å². The second-order valence-corrected chi connectivity index (χ2v) is 4.38. The van der Waals surface area contributed by atoms with Gasteiger partial charge in [-0.05, 0) is 24.3 Å². The van der Waals surface area contributed by atoms with Crippen molar-refractivity contribution in [3.8, 4) is 11.1 Å². The van der Waals surface area contributed by atoms with Crippen molar-refractivity contribution in [2.75, 3.05) is 0 Å². The number of halogens is 3. The molecule has 0 bridgehead atoms. The van der Waals surface area contributed by atoms with E-state index in [1.54, 1.807) is 24.4 Å². The van der Waals surface area contributed by atoms with E-state index in [0.717, 1.165) is 0 Å². The van der Waals surface area contributed by atoms with Crippen molar-refractivity contribution in [3.63, 3.8) is 0 Å². The molecule has 0 fully saturated rings. The van der Waals surface area contributed by atoms with Crippen molar-refractivity contribution in [2.24, 2.45) is 0 Å². The maximum atomic E-state index is 11.6. The normalized spacial score (nSPS) is 10.4. The van der Waals surface area contributed by atoms with E-state index in [4.69, 9.17) is 34.8 Å². The second-order valence-electron chi connectivity index (χ2n) is 3.16. The van der Waals surface area contributed by atoms with E-state index >= 15 is 0 Å². The smallest absolute Gasteiger partial charge is 0.255 e. The molecule has 2 aromatic rings. The van der Waals surface area contributed by atoms with Gasteiger partial charge in [-0.2, -0.15) is 0 Å². The molecule has 0 radical (unpaired) electrons. The van der Waals surface area contributed by atoms with Crippen LogP contribution in [0.15, 0.2) is 35.3 Å². The molecule has 1 N–H and O–H groups in total. The number of pyridine rings is 1. The number of hydrogen-bond acceptors (Lipinski definition) is 1. The first-order chi connectivity index (χ1) is 7.59. The first-order valence-electron chi connectivity index (χ1n) is 4.42. The zero-order valence-electron chi connectivity index (χ0n) is 7.93. The van der Waals surface area contributed by atoms with Crippen molar-refractivity contribution in [1.29, 1.82) is 0 Å². The van der Waals surface area contributed by atoms with Crippen LogP contribution in [0.2, 0.25) is 15.1 Å². The molecule has 1 aromatic carbocycles. The molecule has 5 heteroatoms. The van der Waals surface area contributed by atoms with Gasteiger partial charge in [-0.25, -0.2) is 0 Å². The largest absolute Gasteiger partial charge is 0.329 e. The lowest BCUT2D eigenvalue weighted by molar-refractivity contribution is 1.24. The topological polar surface area (TPSA) is 32.9 Å². The Morgan fingerprint density at radius 3 is 2.50 bits per heavy atom. The molecule has 2 nitrogen and oxygen atoms in total. The average molecular weight is 275 g/mol. The Morgan fingerprint density at radius 1 is 1.06 bits per heavy atom. The fourth-order valence-corrected chi connectivity index (χ4v) is 2.09. The van der Waals surface area contributed by atoms with Gasteiger partial charge < -0.3 is 4.98 Å². The van der Waals surface area contributed by atoms with Crippen LogP contribution in [-0.2, 0) is 0 Å². The van der Waals surface area contributed by atoms with Gasteiger partial charge in [-0.1, -0.05) is 34.8 Å². The van der Waals surface area contributed by atoms with Crippen molar-refractivity contribution < 1.29 is 0 Å². The predicted octanol–water partition coefficient (Wildman–Crippen LogP) is 4.00. The van der Waals surface area contributed by atoms with Gasteiger partial charge in [0.05, 0.1) is 10.0 Å². The minimum Gasteiger partial charge on any atom is -0.329 e. The van der Waals surface area contributed by atoms with E-state index < -0.39 is 0 Å². The highest BCUT2D eigenvalue weighted by Crippen LogP contribution is 2.34. The third kappa shape index (κ3) is 2.09. The lowest BCUT2D eigenvalue weighted by atomic mass is 10.1. The summed E-state index contributed by atoms with van der Waals surface area (Å²) in [5, 5.41) is 1.09. The van der Waals surface area contributed by atoms with Crippen LogP contribution in [0.4, 0.5) is 0 Å². The van der Waals surface area contributed by atoms with Gasteiger partial charge in [0.25, 0.3) is 5.56 Å². The van der Waals surface area contributed by atoms with Gasteiger partial charge in [0.1, 0.15) is 0 Å². The Labute approximate surface area is 107 Å². The maximum Gasteiger partial charge on any atom is 0.255 e. The minimum absolute atomic E-state index is 0.234. The third-order valence-electron chi connectivity index (χ3n) is 2.10. The standard InChI is InChI=1S/C11H6Cl3NO/c12-6-4-8(10(14)9(13)5-6)7-2-1-3-15-11(7)16/h1-5H,(H,15,16). The summed E-state index contributed by atoms with van der Waals surface area (Å²) in [5.41, 5.74) is 0.737. The fraction of sp³-hybridized carbons (Fsp3) is 0. The molecular weight excluding hydrogens is 268 g/mol. The first kappa shape index (κ1) is 11.5. The average Bonchev–Trinajstić information content (AvgIpc) is 2.24. The van der Waals surface area contributed by atoms with E-state index in [1.807, 2.05) is 0 Å². The number of hydrogen-bond donors (Lipinski definition) is 1. The Kier molecular flexibility index (Phi) is 3.24. The molecule has 0 atom stereocenters. The van der Waals surface area contributed by atoms with Gasteiger partial charge in [0.15, 0.2) is 0 Å². The highest BCUT2D eigenvalue weighted by Gasteiger charge is 2.11. The molecule has 1 aromatic heterocycles. The van der Waals surface area contributed by atoms with Crippen LogP contribution in [0.1, 0.15) is 0 Å². The van der Waals surface area contributed by atoms with Crippen LogP contribution >= 0.6 is 34.8 Å². The molecule has 0 aliphatic carbocycles. The van der Waals surface area contributed by atoms with Crippen molar-refractivity contribution in [3.05, 3.63) is 55.9 Å². The molecule has 0 aliphatic heterocycles. The van der Waals surface area contributed by atoms with E-state index in [-0.39, 0.29) is 5.56 Å². The molecule has 0 saturated carbocycles. The quantitative estimate of drug-likeness (QED) is 0.783. The summed E-state index contributed by atoms with van der Waals surface area (Å²) < 4.78 is 0. The van der Waals surface area contributed by atoms with Crippen LogP contribution in [0.25, 0.3) is 11.1 Å². The SMILES string of the molecule is O=c1[nH]cccc1-c1cc(Cl)cc(Cl)c1Cl. The van der Waals surface area contributed by atoms with Gasteiger partial charge >= 0.3 is 0 Å². The van der Waals surface area contributed by atoms with E-state index in [9.17, 15) is 4.79 Å². The third-order valence-corrected chi connectivity index (χ3v) is 3.12. The molecule has 16 heavy (non-hydrogen) atoms. The van der Waals surface area contributed by atoms with Crippen LogP contribution in [-0.4, -0.2) is 4.98 Å². The number of rotatable bonds is 1. The van der Waals surface area contributed by atoms with Gasteiger partial charge in [-0.3, -0.25) is 4.79 Å². The number of aromatic nitrogens is 1. The van der Waals surface area contributed by atoms with Crippen LogP contribution in [0.5, 0.6) is 0 Å². The Balaban J connectivity index is 2.74. The van der Waals surface area contributed by atoms with E-state index in [0.29, 0.717) is 26.2 Å². The highest BCUT2D eigenvalue weighted by atomic mass is 35.5. The second kappa shape index (κ2) is 4.50. The summed E-state index contributed by atoms with van der Waals surface area (Å²) in [7, 11) is 0. The first-order valence-corrected chi connectivity index (χ1v) is 5.55. The van der Waals surface area contributed by atoms with Crippen LogP contribution < -0.4 is 5.56 Å². The number of nitrogens with one attached hydrogen (secondary N) is 1. The molecule has 1 heterocycles. The zero-order chi connectivity index (χ0) is 11.7. The van der Waals surface area contributed by atoms with Crippen LogP contribution in [0, 0.1) is 0 Å². The summed E-state index contributed by atoms with van der Waals surface area (Å²) >= 11 is 17.8. The Hall–Kier alpha value is -0.960. The zero-order valence-corrected chi connectivity index (χ0v) is 10.2. The van der Waals surface area contributed by atoms with Crippen molar-refractivity contribution in [1.82, 2.24) is 4.98 Å². The molecule has 0 unspecified atom stereocenters. The Morgan fingerprint density at radius 2 is 1.81 bits per heavy atom.